The summed E-state index contributed by atoms with van der Waals surface area (Å²) in [5.41, 5.74) is 1.41. The molecule has 1 aliphatic heterocycles. The smallest absolute Gasteiger partial charge is 0.0982 e. The van der Waals surface area contributed by atoms with Crippen molar-refractivity contribution in [2.24, 2.45) is 0 Å². The molecule has 3 nitrogen and oxygen atoms in total. The fraction of sp³-hybridized carbons (Fsp3) is 0.769. The van der Waals surface area contributed by atoms with E-state index >= 15 is 0 Å². The number of hydrogen-bond acceptors (Lipinski definition) is 4. The van der Waals surface area contributed by atoms with Gasteiger partial charge in [0.15, 0.2) is 0 Å². The lowest BCUT2D eigenvalue weighted by molar-refractivity contribution is 0.198. The molecule has 0 aliphatic carbocycles. The summed E-state index contributed by atoms with van der Waals surface area (Å²) in [5, 5.41) is 6.93. The van der Waals surface area contributed by atoms with Gasteiger partial charge in [0.05, 0.1) is 10.7 Å². The predicted molar refractivity (Wildman–Crippen MR) is 80.8 cm³/mol. The second-order valence-electron chi connectivity index (χ2n) is 5.98. The van der Waals surface area contributed by atoms with Crippen LogP contribution in [-0.4, -0.2) is 35.6 Å². The monoisotopic (exact) mass is 289 g/mol. The number of hydrogen-bond donors (Lipinski definition) is 1. The van der Waals surface area contributed by atoms with E-state index in [9.17, 15) is 0 Å². The third kappa shape index (κ3) is 4.19. The fourth-order valence-electron chi connectivity index (χ4n) is 2.11. The van der Waals surface area contributed by atoms with Crippen LogP contribution in [0.2, 0.25) is 0 Å². The van der Waals surface area contributed by atoms with Crippen molar-refractivity contribution in [2.75, 3.05) is 19.6 Å². The van der Waals surface area contributed by atoms with Gasteiger partial charge in [-0.2, -0.15) is 0 Å². The summed E-state index contributed by atoms with van der Waals surface area (Å²) in [5.74, 6) is 0. The van der Waals surface area contributed by atoms with Crippen molar-refractivity contribution in [2.45, 2.75) is 45.7 Å². The molecular weight excluding hydrogens is 266 g/mol. The van der Waals surface area contributed by atoms with E-state index in [0.29, 0.717) is 6.04 Å². The highest BCUT2D eigenvalue weighted by Crippen LogP contribution is 2.26. The number of piperazine rings is 1. The lowest BCUT2D eigenvalue weighted by atomic mass is 9.98. The Hall–Kier alpha value is -0.160. The zero-order valence-corrected chi connectivity index (χ0v) is 13.3. The minimum absolute atomic E-state index is 0. The maximum Gasteiger partial charge on any atom is 0.0982 e. The minimum atomic E-state index is 0. The van der Waals surface area contributed by atoms with Gasteiger partial charge < -0.3 is 5.32 Å². The van der Waals surface area contributed by atoms with Gasteiger partial charge in [-0.1, -0.05) is 20.8 Å². The molecule has 1 aliphatic rings. The molecule has 2 heterocycles. The van der Waals surface area contributed by atoms with Crippen LogP contribution in [0.3, 0.4) is 0 Å². The molecule has 0 amide bonds. The quantitative estimate of drug-likeness (QED) is 0.907. The van der Waals surface area contributed by atoms with E-state index in [1.54, 1.807) is 11.3 Å². The number of nitrogens with one attached hydrogen (secondary N) is 1. The Kier molecular flexibility index (Phi) is 5.59. The molecule has 1 fully saturated rings. The molecule has 1 aromatic rings. The first-order valence-electron chi connectivity index (χ1n) is 6.36. The molecule has 1 atom stereocenters. The van der Waals surface area contributed by atoms with E-state index < -0.39 is 0 Å². The van der Waals surface area contributed by atoms with Gasteiger partial charge in [-0.15, -0.1) is 23.7 Å². The maximum atomic E-state index is 4.76. The highest BCUT2D eigenvalue weighted by Gasteiger charge is 2.20. The molecule has 1 aromatic heterocycles. The maximum absolute atomic E-state index is 4.76. The van der Waals surface area contributed by atoms with Gasteiger partial charge in [0.1, 0.15) is 0 Å². The van der Waals surface area contributed by atoms with Crippen molar-refractivity contribution in [1.82, 2.24) is 15.2 Å². The van der Waals surface area contributed by atoms with E-state index in [4.69, 9.17) is 4.98 Å². The molecule has 0 bridgehead atoms. The third-order valence-corrected chi connectivity index (χ3v) is 4.35. The van der Waals surface area contributed by atoms with E-state index in [-0.39, 0.29) is 17.8 Å². The van der Waals surface area contributed by atoms with Gasteiger partial charge in [-0.3, -0.25) is 4.90 Å². The topological polar surface area (TPSA) is 28.2 Å². The van der Waals surface area contributed by atoms with Gasteiger partial charge in [0, 0.05) is 43.0 Å². The van der Waals surface area contributed by atoms with E-state index in [2.05, 4.69) is 43.3 Å². The summed E-state index contributed by atoms with van der Waals surface area (Å²) in [4.78, 5) is 7.25. The molecule has 18 heavy (non-hydrogen) atoms. The number of rotatable bonds is 2. The van der Waals surface area contributed by atoms with Crippen molar-refractivity contribution < 1.29 is 0 Å². The molecule has 0 saturated carbocycles. The summed E-state index contributed by atoms with van der Waals surface area (Å²) in [7, 11) is 0. The fourth-order valence-corrected chi connectivity index (χ4v) is 3.01. The second kappa shape index (κ2) is 6.33. The van der Waals surface area contributed by atoms with Crippen LogP contribution < -0.4 is 5.32 Å². The van der Waals surface area contributed by atoms with Gasteiger partial charge in [0.2, 0.25) is 0 Å². The average Bonchev–Trinajstić information content (AvgIpc) is 2.65. The van der Waals surface area contributed by atoms with Crippen LogP contribution in [0.1, 0.15) is 38.4 Å². The average molecular weight is 290 g/mol. The van der Waals surface area contributed by atoms with Crippen molar-refractivity contribution in [3.63, 3.8) is 0 Å². The van der Waals surface area contributed by atoms with E-state index in [0.717, 1.165) is 26.2 Å². The Bertz CT molecular complexity index is 373. The van der Waals surface area contributed by atoms with Gasteiger partial charge in [-0.25, -0.2) is 4.98 Å². The van der Waals surface area contributed by atoms with Gasteiger partial charge in [-0.05, 0) is 6.92 Å². The summed E-state index contributed by atoms with van der Waals surface area (Å²) < 4.78 is 0. The standard InChI is InChI=1S/C13H23N3S.ClH/c1-10-7-16(6-5-14-10)8-11-9-17-12(15-11)13(2,3)4;/h9-10,14H,5-8H2,1-4H3;1H. The molecule has 0 radical (unpaired) electrons. The number of halogens is 1. The molecule has 1 unspecified atom stereocenters. The van der Waals surface area contributed by atoms with E-state index in [1.165, 1.54) is 10.7 Å². The SMILES string of the molecule is CC1CN(Cc2csc(C(C)(C)C)n2)CCN1.Cl. The number of thiazole rings is 1. The minimum Gasteiger partial charge on any atom is -0.312 e. The largest absolute Gasteiger partial charge is 0.312 e. The Morgan fingerprint density at radius 1 is 1.50 bits per heavy atom. The molecule has 0 spiro atoms. The lowest BCUT2D eigenvalue weighted by Gasteiger charge is -2.31. The zero-order valence-electron chi connectivity index (χ0n) is 11.7. The first-order valence-corrected chi connectivity index (χ1v) is 7.24. The van der Waals surface area contributed by atoms with Crippen LogP contribution in [0, 0.1) is 0 Å². The highest BCUT2D eigenvalue weighted by molar-refractivity contribution is 7.09. The Morgan fingerprint density at radius 3 is 2.78 bits per heavy atom. The summed E-state index contributed by atoms with van der Waals surface area (Å²) in [6.07, 6.45) is 0. The second-order valence-corrected chi connectivity index (χ2v) is 6.84. The van der Waals surface area contributed by atoms with Crippen molar-refractivity contribution >= 4 is 23.7 Å². The lowest BCUT2D eigenvalue weighted by Crippen LogP contribution is -2.48. The molecule has 0 aromatic carbocycles. The van der Waals surface area contributed by atoms with Crippen molar-refractivity contribution in [3.05, 3.63) is 16.1 Å². The summed E-state index contributed by atoms with van der Waals surface area (Å²) >= 11 is 1.79. The molecule has 1 saturated heterocycles. The molecule has 1 N–H and O–H groups in total. The van der Waals surface area contributed by atoms with Crippen LogP contribution in [0.15, 0.2) is 5.38 Å². The van der Waals surface area contributed by atoms with Gasteiger partial charge in [0.25, 0.3) is 0 Å². The Balaban J connectivity index is 0.00000162. The molecular formula is C13H24ClN3S. The molecule has 5 heteroatoms. The van der Waals surface area contributed by atoms with Gasteiger partial charge >= 0.3 is 0 Å². The highest BCUT2D eigenvalue weighted by atomic mass is 35.5. The zero-order chi connectivity index (χ0) is 12.5. The third-order valence-electron chi connectivity index (χ3n) is 3.03. The normalized spacial score (nSPS) is 21.7. The molecule has 2 rings (SSSR count). The number of aromatic nitrogens is 1. The number of nitrogens with zero attached hydrogens (tertiary/aromatic N) is 2. The first-order chi connectivity index (χ1) is 7.95. The van der Waals surface area contributed by atoms with Crippen molar-refractivity contribution in [3.8, 4) is 0 Å². The first kappa shape index (κ1) is 15.9. The van der Waals surface area contributed by atoms with Crippen LogP contribution in [0.4, 0.5) is 0 Å². The van der Waals surface area contributed by atoms with E-state index in [1.807, 2.05) is 0 Å². The summed E-state index contributed by atoms with van der Waals surface area (Å²) in [6.45, 7) is 13.3. The Labute approximate surface area is 120 Å². The molecule has 104 valence electrons. The van der Waals surface area contributed by atoms with Crippen LogP contribution in [-0.2, 0) is 12.0 Å². The predicted octanol–water partition coefficient (Wildman–Crippen LogP) is 2.66. The van der Waals surface area contributed by atoms with Crippen LogP contribution in [0.25, 0.3) is 0 Å². The van der Waals surface area contributed by atoms with Crippen molar-refractivity contribution in [1.29, 1.82) is 0 Å². The van der Waals surface area contributed by atoms with Crippen LogP contribution >= 0.6 is 23.7 Å². The summed E-state index contributed by atoms with van der Waals surface area (Å²) in [6, 6.07) is 0.601. The Morgan fingerprint density at radius 2 is 2.22 bits per heavy atom. The van der Waals surface area contributed by atoms with Crippen LogP contribution in [0.5, 0.6) is 0 Å².